The van der Waals surface area contributed by atoms with E-state index < -0.39 is 10.0 Å². The van der Waals surface area contributed by atoms with Crippen LogP contribution < -0.4 is 14.8 Å². The minimum Gasteiger partial charge on any atom is -0.489 e. The highest BCUT2D eigenvalue weighted by atomic mass is 32.2. The lowest BCUT2D eigenvalue weighted by Gasteiger charge is -2.09. The van der Waals surface area contributed by atoms with Crippen molar-refractivity contribution >= 4 is 38.6 Å². The number of sulfonamides is 1. The van der Waals surface area contributed by atoms with Crippen LogP contribution in [0.5, 0.6) is 5.75 Å². The molecule has 3 rings (SSSR count). The van der Waals surface area contributed by atoms with Crippen LogP contribution in [0.3, 0.4) is 0 Å². The molecule has 0 bridgehead atoms. The molecule has 0 aliphatic heterocycles. The Morgan fingerprint density at radius 2 is 1.86 bits per heavy atom. The van der Waals surface area contributed by atoms with E-state index in [0.29, 0.717) is 29.3 Å². The zero-order valence-electron chi connectivity index (χ0n) is 14.8. The van der Waals surface area contributed by atoms with Gasteiger partial charge in [-0.3, -0.25) is 9.52 Å². The van der Waals surface area contributed by atoms with Crippen molar-refractivity contribution in [3.8, 4) is 5.75 Å². The minimum absolute atomic E-state index is 0.230. The maximum atomic E-state index is 12.4. The standard InChI is InChI=1S/C20H18N2O4S2/c1-2-12-26-18-6-3-5-17(14-18)21-20(23)15-8-10-16(11-9-15)22-28(24,25)19-7-4-13-27-19/h2-11,13-14,22H,1,12H2,(H,21,23). The predicted molar refractivity (Wildman–Crippen MR) is 112 cm³/mol. The zero-order valence-corrected chi connectivity index (χ0v) is 16.4. The first-order valence-electron chi connectivity index (χ1n) is 8.29. The SMILES string of the molecule is C=CCOc1cccc(NC(=O)c2ccc(NS(=O)(=O)c3cccs3)cc2)c1. The highest BCUT2D eigenvalue weighted by Gasteiger charge is 2.15. The second kappa shape index (κ2) is 8.73. The van der Waals surface area contributed by atoms with E-state index in [1.165, 1.54) is 6.07 Å². The molecule has 0 aliphatic carbocycles. The van der Waals surface area contributed by atoms with E-state index in [0.717, 1.165) is 11.3 Å². The summed E-state index contributed by atoms with van der Waals surface area (Å²) in [4.78, 5) is 12.4. The molecule has 6 nitrogen and oxygen atoms in total. The van der Waals surface area contributed by atoms with E-state index in [4.69, 9.17) is 4.74 Å². The number of rotatable bonds is 8. The van der Waals surface area contributed by atoms with Crippen molar-refractivity contribution in [3.63, 3.8) is 0 Å². The molecule has 0 aliphatic rings. The molecule has 0 spiro atoms. The second-order valence-electron chi connectivity index (χ2n) is 5.70. The van der Waals surface area contributed by atoms with Crippen LogP contribution >= 0.6 is 11.3 Å². The van der Waals surface area contributed by atoms with Crippen molar-refractivity contribution < 1.29 is 17.9 Å². The summed E-state index contributed by atoms with van der Waals surface area (Å²) in [6.45, 7) is 3.97. The minimum atomic E-state index is -3.62. The Balaban J connectivity index is 1.66. The normalized spacial score (nSPS) is 10.9. The van der Waals surface area contributed by atoms with Gasteiger partial charge in [0.1, 0.15) is 16.6 Å². The summed E-state index contributed by atoms with van der Waals surface area (Å²) < 4.78 is 32.6. The van der Waals surface area contributed by atoms with E-state index in [1.807, 2.05) is 0 Å². The van der Waals surface area contributed by atoms with Gasteiger partial charge in [0, 0.05) is 23.0 Å². The average molecular weight is 415 g/mol. The lowest BCUT2D eigenvalue weighted by molar-refractivity contribution is 0.102. The van der Waals surface area contributed by atoms with Gasteiger partial charge in [-0.2, -0.15) is 0 Å². The first kappa shape index (κ1) is 19.7. The fourth-order valence-corrected chi connectivity index (χ4v) is 4.39. The maximum absolute atomic E-state index is 12.4. The van der Waals surface area contributed by atoms with Crippen LogP contribution in [-0.2, 0) is 10.0 Å². The molecule has 2 N–H and O–H groups in total. The number of anilines is 2. The van der Waals surface area contributed by atoms with Gasteiger partial charge in [0.25, 0.3) is 15.9 Å². The lowest BCUT2D eigenvalue weighted by atomic mass is 10.2. The van der Waals surface area contributed by atoms with Crippen molar-refractivity contribution in [1.82, 2.24) is 0 Å². The number of nitrogens with one attached hydrogen (secondary N) is 2. The fourth-order valence-electron chi connectivity index (χ4n) is 2.33. The molecule has 0 fully saturated rings. The number of hydrogen-bond donors (Lipinski definition) is 2. The molecule has 28 heavy (non-hydrogen) atoms. The van der Waals surface area contributed by atoms with E-state index in [1.54, 1.807) is 66.1 Å². The number of carbonyl (C=O) groups is 1. The third kappa shape index (κ3) is 4.99. The molecule has 0 radical (unpaired) electrons. The third-order valence-corrected chi connectivity index (χ3v) is 6.40. The Morgan fingerprint density at radius 1 is 1.07 bits per heavy atom. The van der Waals surface area contributed by atoms with E-state index in [2.05, 4.69) is 16.6 Å². The summed E-state index contributed by atoms with van der Waals surface area (Å²) in [7, 11) is -3.62. The lowest BCUT2D eigenvalue weighted by Crippen LogP contribution is -2.13. The van der Waals surface area contributed by atoms with Crippen LogP contribution in [0.1, 0.15) is 10.4 Å². The highest BCUT2D eigenvalue weighted by Crippen LogP contribution is 2.21. The second-order valence-corrected chi connectivity index (χ2v) is 8.55. The summed E-state index contributed by atoms with van der Waals surface area (Å²) in [5.41, 5.74) is 1.37. The van der Waals surface area contributed by atoms with Crippen molar-refractivity contribution in [1.29, 1.82) is 0 Å². The largest absolute Gasteiger partial charge is 0.489 e. The molecule has 1 aromatic heterocycles. The van der Waals surface area contributed by atoms with Crippen molar-refractivity contribution in [2.45, 2.75) is 4.21 Å². The predicted octanol–water partition coefficient (Wildman–Crippen LogP) is 4.37. The van der Waals surface area contributed by atoms with Gasteiger partial charge < -0.3 is 10.1 Å². The van der Waals surface area contributed by atoms with Crippen LogP contribution in [0.15, 0.2) is 82.9 Å². The van der Waals surface area contributed by atoms with Crippen LogP contribution in [0, 0.1) is 0 Å². The summed E-state index contributed by atoms with van der Waals surface area (Å²) in [6.07, 6.45) is 1.64. The Hall–Kier alpha value is -3.10. The number of hydrogen-bond acceptors (Lipinski definition) is 5. The van der Waals surface area contributed by atoms with Gasteiger partial charge in [-0.1, -0.05) is 24.8 Å². The molecule has 0 atom stereocenters. The third-order valence-electron chi connectivity index (χ3n) is 3.62. The van der Waals surface area contributed by atoms with E-state index in [-0.39, 0.29) is 10.1 Å². The molecule has 1 amide bonds. The highest BCUT2D eigenvalue weighted by molar-refractivity contribution is 7.94. The van der Waals surface area contributed by atoms with Gasteiger partial charge in [0.05, 0.1) is 0 Å². The van der Waals surface area contributed by atoms with Gasteiger partial charge in [-0.05, 0) is 47.8 Å². The van der Waals surface area contributed by atoms with Crippen molar-refractivity contribution in [2.75, 3.05) is 16.6 Å². The van der Waals surface area contributed by atoms with Crippen molar-refractivity contribution in [2.24, 2.45) is 0 Å². The Labute approximate surface area is 167 Å². The molecule has 0 saturated carbocycles. The average Bonchev–Trinajstić information content (AvgIpc) is 3.23. The van der Waals surface area contributed by atoms with Crippen LogP contribution in [0.4, 0.5) is 11.4 Å². The molecule has 8 heteroatoms. The molecule has 1 heterocycles. The van der Waals surface area contributed by atoms with Gasteiger partial charge in [0.2, 0.25) is 0 Å². The molecule has 3 aromatic rings. The van der Waals surface area contributed by atoms with Crippen LogP contribution in [-0.4, -0.2) is 20.9 Å². The summed E-state index contributed by atoms with van der Waals surface area (Å²) >= 11 is 1.13. The molecule has 0 unspecified atom stereocenters. The topological polar surface area (TPSA) is 84.5 Å². The first-order valence-corrected chi connectivity index (χ1v) is 10.7. The summed E-state index contributed by atoms with van der Waals surface area (Å²) in [5, 5.41) is 4.48. The molecule has 144 valence electrons. The number of ether oxygens (including phenoxy) is 1. The Kier molecular flexibility index (Phi) is 6.13. The van der Waals surface area contributed by atoms with Crippen LogP contribution in [0.25, 0.3) is 0 Å². The molecule has 2 aromatic carbocycles. The number of amides is 1. The number of benzene rings is 2. The molecule has 0 saturated heterocycles. The molecular formula is C20H18N2O4S2. The van der Waals surface area contributed by atoms with E-state index in [9.17, 15) is 13.2 Å². The monoisotopic (exact) mass is 414 g/mol. The van der Waals surface area contributed by atoms with Gasteiger partial charge in [-0.25, -0.2) is 8.42 Å². The van der Waals surface area contributed by atoms with Crippen LogP contribution in [0.2, 0.25) is 0 Å². The number of carbonyl (C=O) groups excluding carboxylic acids is 1. The molecular weight excluding hydrogens is 396 g/mol. The van der Waals surface area contributed by atoms with E-state index >= 15 is 0 Å². The fraction of sp³-hybridized carbons (Fsp3) is 0.0500. The Bertz CT molecular complexity index is 1060. The zero-order chi connectivity index (χ0) is 20.0. The Morgan fingerprint density at radius 3 is 2.54 bits per heavy atom. The quantitative estimate of drug-likeness (QED) is 0.536. The first-order chi connectivity index (χ1) is 13.5. The maximum Gasteiger partial charge on any atom is 0.271 e. The smallest absolute Gasteiger partial charge is 0.271 e. The van der Waals surface area contributed by atoms with Crippen molar-refractivity contribution in [3.05, 3.63) is 84.3 Å². The number of thiophene rings is 1. The summed E-state index contributed by atoms with van der Waals surface area (Å²) in [5.74, 6) is 0.310. The van der Waals surface area contributed by atoms with Gasteiger partial charge in [-0.15, -0.1) is 11.3 Å². The van der Waals surface area contributed by atoms with Gasteiger partial charge >= 0.3 is 0 Å². The summed E-state index contributed by atoms with van der Waals surface area (Å²) in [6, 6.07) is 16.4. The van der Waals surface area contributed by atoms with Gasteiger partial charge in [0.15, 0.2) is 0 Å².